The van der Waals surface area contributed by atoms with E-state index in [4.69, 9.17) is 15.2 Å². The second-order valence-corrected chi connectivity index (χ2v) is 6.24. The van der Waals surface area contributed by atoms with Crippen LogP contribution in [0.25, 0.3) is 0 Å². The van der Waals surface area contributed by atoms with E-state index in [-0.39, 0.29) is 6.10 Å². The Balaban J connectivity index is 1.61. The van der Waals surface area contributed by atoms with Crippen LogP contribution in [-0.4, -0.2) is 38.4 Å². The molecule has 4 nitrogen and oxygen atoms in total. The molecule has 2 heterocycles. The van der Waals surface area contributed by atoms with Gasteiger partial charge in [-0.05, 0) is 56.4 Å². The zero-order valence-corrected chi connectivity index (χ0v) is 12.9. The Bertz CT molecular complexity index is 472. The SMILES string of the molecule is Cc1cc(N2CCCC(N)C2)ccc1OCC1CCCO1. The summed E-state index contributed by atoms with van der Waals surface area (Å²) in [6, 6.07) is 6.74. The van der Waals surface area contributed by atoms with E-state index in [0.717, 1.165) is 44.7 Å². The molecule has 0 radical (unpaired) electrons. The first kappa shape index (κ1) is 14.7. The van der Waals surface area contributed by atoms with Gasteiger partial charge in [-0.1, -0.05) is 0 Å². The van der Waals surface area contributed by atoms with E-state index in [0.29, 0.717) is 12.6 Å². The highest BCUT2D eigenvalue weighted by Gasteiger charge is 2.19. The monoisotopic (exact) mass is 290 g/mol. The molecule has 0 aromatic heterocycles. The number of piperidine rings is 1. The standard InChI is InChI=1S/C17H26N2O2/c1-13-10-15(19-8-2-4-14(18)11-19)6-7-17(13)21-12-16-5-3-9-20-16/h6-7,10,14,16H,2-5,8-9,11-12,18H2,1H3. The zero-order chi connectivity index (χ0) is 14.7. The fourth-order valence-electron chi connectivity index (χ4n) is 3.20. The van der Waals surface area contributed by atoms with Gasteiger partial charge in [0.15, 0.2) is 0 Å². The lowest BCUT2D eigenvalue weighted by atomic mass is 10.1. The van der Waals surface area contributed by atoms with Gasteiger partial charge < -0.3 is 20.1 Å². The molecule has 2 N–H and O–H groups in total. The maximum atomic E-state index is 6.07. The molecule has 2 aliphatic heterocycles. The van der Waals surface area contributed by atoms with Gasteiger partial charge in [-0.2, -0.15) is 0 Å². The summed E-state index contributed by atoms with van der Waals surface area (Å²) in [6.45, 7) is 5.70. The van der Waals surface area contributed by atoms with E-state index < -0.39 is 0 Å². The molecule has 0 spiro atoms. The summed E-state index contributed by atoms with van der Waals surface area (Å²) in [7, 11) is 0. The van der Waals surface area contributed by atoms with Crippen LogP contribution in [0.4, 0.5) is 5.69 Å². The lowest BCUT2D eigenvalue weighted by Crippen LogP contribution is -2.42. The summed E-state index contributed by atoms with van der Waals surface area (Å²) < 4.78 is 11.5. The number of aryl methyl sites for hydroxylation is 1. The van der Waals surface area contributed by atoms with Gasteiger partial charge in [0.25, 0.3) is 0 Å². The summed E-state index contributed by atoms with van der Waals surface area (Å²) in [6.07, 6.45) is 4.85. The van der Waals surface area contributed by atoms with Crippen molar-refractivity contribution >= 4 is 5.69 Å². The molecular formula is C17H26N2O2. The molecule has 1 aromatic rings. The normalized spacial score (nSPS) is 26.1. The smallest absolute Gasteiger partial charge is 0.122 e. The van der Waals surface area contributed by atoms with Crippen LogP contribution < -0.4 is 15.4 Å². The Kier molecular flexibility index (Phi) is 4.66. The molecule has 116 valence electrons. The van der Waals surface area contributed by atoms with Crippen LogP contribution in [0, 0.1) is 6.92 Å². The van der Waals surface area contributed by atoms with Crippen LogP contribution in [0.15, 0.2) is 18.2 Å². The van der Waals surface area contributed by atoms with Crippen molar-refractivity contribution in [3.63, 3.8) is 0 Å². The summed E-state index contributed by atoms with van der Waals surface area (Å²) in [5.41, 5.74) is 8.51. The summed E-state index contributed by atoms with van der Waals surface area (Å²) in [5, 5.41) is 0. The second-order valence-electron chi connectivity index (χ2n) is 6.24. The van der Waals surface area contributed by atoms with E-state index in [1.54, 1.807) is 0 Å². The average molecular weight is 290 g/mol. The number of nitrogens with two attached hydrogens (primary N) is 1. The maximum Gasteiger partial charge on any atom is 0.122 e. The molecule has 2 unspecified atom stereocenters. The Morgan fingerprint density at radius 2 is 2.24 bits per heavy atom. The van der Waals surface area contributed by atoms with E-state index in [9.17, 15) is 0 Å². The van der Waals surface area contributed by atoms with Crippen molar-refractivity contribution in [1.29, 1.82) is 0 Å². The van der Waals surface area contributed by atoms with Crippen molar-refractivity contribution in [2.24, 2.45) is 5.73 Å². The Labute approximate surface area is 127 Å². The van der Waals surface area contributed by atoms with Crippen molar-refractivity contribution in [3.05, 3.63) is 23.8 Å². The summed E-state index contributed by atoms with van der Waals surface area (Å²) >= 11 is 0. The maximum absolute atomic E-state index is 6.07. The predicted octanol–water partition coefficient (Wildman–Crippen LogP) is 2.48. The fraction of sp³-hybridized carbons (Fsp3) is 0.647. The molecule has 4 heteroatoms. The molecule has 2 atom stereocenters. The highest BCUT2D eigenvalue weighted by Crippen LogP contribution is 2.27. The highest BCUT2D eigenvalue weighted by molar-refractivity contribution is 5.53. The number of hydrogen-bond acceptors (Lipinski definition) is 4. The van der Waals surface area contributed by atoms with Crippen molar-refractivity contribution in [3.8, 4) is 5.75 Å². The molecule has 3 rings (SSSR count). The summed E-state index contributed by atoms with van der Waals surface area (Å²) in [4.78, 5) is 2.38. The number of rotatable bonds is 4. The largest absolute Gasteiger partial charge is 0.491 e. The molecule has 2 fully saturated rings. The van der Waals surface area contributed by atoms with Crippen LogP contribution in [-0.2, 0) is 4.74 Å². The van der Waals surface area contributed by atoms with Crippen molar-refractivity contribution in [2.75, 3.05) is 31.2 Å². The molecule has 1 aromatic carbocycles. The van der Waals surface area contributed by atoms with Crippen LogP contribution in [0.1, 0.15) is 31.2 Å². The van der Waals surface area contributed by atoms with Gasteiger partial charge in [0.2, 0.25) is 0 Å². The summed E-state index contributed by atoms with van der Waals surface area (Å²) in [5.74, 6) is 0.968. The van der Waals surface area contributed by atoms with Gasteiger partial charge in [0.1, 0.15) is 12.4 Å². The number of hydrogen-bond donors (Lipinski definition) is 1. The third-order valence-electron chi connectivity index (χ3n) is 4.43. The van der Waals surface area contributed by atoms with Crippen LogP contribution >= 0.6 is 0 Å². The van der Waals surface area contributed by atoms with Crippen LogP contribution in [0.5, 0.6) is 5.75 Å². The second kappa shape index (κ2) is 6.67. The first-order chi connectivity index (χ1) is 10.2. The third kappa shape index (κ3) is 3.69. The minimum atomic E-state index is 0.268. The Morgan fingerprint density at radius 1 is 1.33 bits per heavy atom. The van der Waals surface area contributed by atoms with Crippen LogP contribution in [0.3, 0.4) is 0 Å². The highest BCUT2D eigenvalue weighted by atomic mass is 16.5. The van der Waals surface area contributed by atoms with Gasteiger partial charge in [-0.25, -0.2) is 0 Å². The molecule has 2 aliphatic rings. The predicted molar refractivity (Wildman–Crippen MR) is 85.1 cm³/mol. The van der Waals surface area contributed by atoms with Gasteiger partial charge in [-0.15, -0.1) is 0 Å². The van der Waals surface area contributed by atoms with E-state index >= 15 is 0 Å². The topological polar surface area (TPSA) is 47.7 Å². The minimum Gasteiger partial charge on any atom is -0.491 e. The fourth-order valence-corrected chi connectivity index (χ4v) is 3.20. The molecule has 21 heavy (non-hydrogen) atoms. The quantitative estimate of drug-likeness (QED) is 0.925. The van der Waals surface area contributed by atoms with Gasteiger partial charge in [-0.3, -0.25) is 0 Å². The molecule has 0 aliphatic carbocycles. The number of ether oxygens (including phenoxy) is 2. The number of benzene rings is 1. The van der Waals surface area contributed by atoms with Gasteiger partial charge in [0.05, 0.1) is 6.10 Å². The lowest BCUT2D eigenvalue weighted by molar-refractivity contribution is 0.0677. The van der Waals surface area contributed by atoms with E-state index in [2.05, 4.69) is 30.0 Å². The average Bonchev–Trinajstić information content (AvgIpc) is 2.99. The van der Waals surface area contributed by atoms with Crippen molar-refractivity contribution in [2.45, 2.75) is 44.8 Å². The third-order valence-corrected chi connectivity index (χ3v) is 4.43. The number of nitrogens with zero attached hydrogens (tertiary/aromatic N) is 1. The van der Waals surface area contributed by atoms with Crippen molar-refractivity contribution in [1.82, 2.24) is 0 Å². The van der Waals surface area contributed by atoms with Crippen molar-refractivity contribution < 1.29 is 9.47 Å². The molecular weight excluding hydrogens is 264 g/mol. The molecule has 2 saturated heterocycles. The first-order valence-corrected chi connectivity index (χ1v) is 8.08. The van der Waals surface area contributed by atoms with Crippen LogP contribution in [0.2, 0.25) is 0 Å². The van der Waals surface area contributed by atoms with Gasteiger partial charge in [0, 0.05) is 31.4 Å². The number of anilines is 1. The van der Waals surface area contributed by atoms with E-state index in [1.165, 1.54) is 17.7 Å². The molecule has 0 amide bonds. The lowest BCUT2D eigenvalue weighted by Gasteiger charge is -2.33. The minimum absolute atomic E-state index is 0.268. The first-order valence-electron chi connectivity index (χ1n) is 8.08. The van der Waals surface area contributed by atoms with E-state index in [1.807, 2.05) is 0 Å². The zero-order valence-electron chi connectivity index (χ0n) is 12.9. The van der Waals surface area contributed by atoms with Gasteiger partial charge >= 0.3 is 0 Å². The Hall–Kier alpha value is -1.26. The molecule has 0 bridgehead atoms. The Morgan fingerprint density at radius 3 is 2.95 bits per heavy atom. The molecule has 0 saturated carbocycles.